The van der Waals surface area contributed by atoms with Crippen molar-refractivity contribution in [2.24, 2.45) is 0 Å². The molecule has 0 fully saturated rings. The fourth-order valence-corrected chi connectivity index (χ4v) is 5.81. The van der Waals surface area contributed by atoms with Crippen LogP contribution < -0.4 is 30.2 Å². The first-order valence-corrected chi connectivity index (χ1v) is 20.1. The van der Waals surface area contributed by atoms with Crippen molar-refractivity contribution in [3.8, 4) is 17.2 Å². The van der Waals surface area contributed by atoms with Crippen molar-refractivity contribution in [3.05, 3.63) is 127 Å². The molecule has 6 aromatic carbocycles. The molecule has 0 bridgehead atoms. The highest BCUT2D eigenvalue weighted by atomic mass is 16.5. The smallest absolute Gasteiger partial charge is 0.127 e. The van der Waals surface area contributed by atoms with E-state index in [4.69, 9.17) is 14.2 Å². The van der Waals surface area contributed by atoms with E-state index < -0.39 is 18.3 Å². The summed E-state index contributed by atoms with van der Waals surface area (Å²) in [6.45, 7) is 14.9. The normalized spacial score (nSPS) is 12.8. The minimum atomic E-state index is -0.499. The minimum absolute atomic E-state index is 0.299. The van der Waals surface area contributed by atoms with Gasteiger partial charge in [-0.05, 0) is 34.4 Å². The molecule has 57 heavy (non-hydrogen) atoms. The molecule has 0 radical (unpaired) electrons. The first-order chi connectivity index (χ1) is 27.5. The van der Waals surface area contributed by atoms with Crippen molar-refractivity contribution < 1.29 is 29.5 Å². The summed E-state index contributed by atoms with van der Waals surface area (Å²) in [4.78, 5) is 0. The van der Waals surface area contributed by atoms with Crippen LogP contribution in [0.15, 0.2) is 127 Å². The Labute approximate surface area is 339 Å². The maximum absolute atomic E-state index is 9.84. The van der Waals surface area contributed by atoms with Gasteiger partial charge in [-0.15, -0.1) is 0 Å². The summed E-state index contributed by atoms with van der Waals surface area (Å²) in [5.41, 5.74) is 0. The molecule has 6 N–H and O–H groups in total. The summed E-state index contributed by atoms with van der Waals surface area (Å²) in [6.07, 6.45) is -1.50. The van der Waals surface area contributed by atoms with Gasteiger partial charge in [0.15, 0.2) is 0 Å². The highest BCUT2D eigenvalue weighted by Gasteiger charge is 2.10. The zero-order valence-electron chi connectivity index (χ0n) is 34.4. The summed E-state index contributed by atoms with van der Waals surface area (Å²) in [6, 6.07) is 43.2. The van der Waals surface area contributed by atoms with Gasteiger partial charge in [0, 0.05) is 53.9 Å². The molecule has 6 aromatic rings. The van der Waals surface area contributed by atoms with Gasteiger partial charge >= 0.3 is 0 Å². The molecule has 0 aliphatic rings. The largest absolute Gasteiger partial charge is 0.490 e. The Bertz CT molecular complexity index is 1790. The second kappa shape index (κ2) is 24.1. The number of hydrogen-bond acceptors (Lipinski definition) is 9. The first-order valence-electron chi connectivity index (χ1n) is 20.1. The van der Waals surface area contributed by atoms with Crippen LogP contribution in [-0.4, -0.2) is 91.2 Å². The van der Waals surface area contributed by atoms with Crippen molar-refractivity contribution in [2.75, 3.05) is 39.5 Å². The second-order valence-electron chi connectivity index (χ2n) is 15.0. The monoisotopic (exact) mass is 777 g/mol. The number of nitrogens with one attached hydrogen (secondary N) is 3. The summed E-state index contributed by atoms with van der Waals surface area (Å²) in [5.74, 6) is 2.46. The van der Waals surface area contributed by atoms with E-state index in [9.17, 15) is 15.3 Å². The summed E-state index contributed by atoms with van der Waals surface area (Å²) in [7, 11) is 0. The Morgan fingerprint density at radius 3 is 0.877 bits per heavy atom. The summed E-state index contributed by atoms with van der Waals surface area (Å²) in [5, 5.41) is 45.8. The van der Waals surface area contributed by atoms with Crippen LogP contribution in [0.5, 0.6) is 17.2 Å². The van der Waals surface area contributed by atoms with Gasteiger partial charge in [0.1, 0.15) is 55.4 Å². The molecular formula is C48H63N3O6. The Balaban J connectivity index is 0.000000189. The van der Waals surface area contributed by atoms with Crippen LogP contribution in [0, 0.1) is 0 Å². The molecule has 0 amide bonds. The van der Waals surface area contributed by atoms with Gasteiger partial charge in [0.05, 0.1) is 0 Å². The molecule has 3 atom stereocenters. The number of aliphatic hydroxyl groups is 3. The van der Waals surface area contributed by atoms with E-state index in [1.165, 1.54) is 0 Å². The van der Waals surface area contributed by atoms with Gasteiger partial charge in [-0.1, -0.05) is 151 Å². The molecule has 3 unspecified atom stereocenters. The number of hydrogen-bond donors (Lipinski definition) is 6. The summed E-state index contributed by atoms with van der Waals surface area (Å²) >= 11 is 0. The van der Waals surface area contributed by atoms with E-state index in [1.807, 2.05) is 91.0 Å². The lowest BCUT2D eigenvalue weighted by Crippen LogP contribution is -2.35. The maximum Gasteiger partial charge on any atom is 0.127 e. The van der Waals surface area contributed by atoms with Crippen molar-refractivity contribution in [2.45, 2.75) is 78.0 Å². The topological polar surface area (TPSA) is 124 Å². The van der Waals surface area contributed by atoms with E-state index in [0.29, 0.717) is 57.6 Å². The fraction of sp³-hybridized carbons (Fsp3) is 0.375. The third-order valence-corrected chi connectivity index (χ3v) is 8.83. The lowest BCUT2D eigenvalue weighted by Gasteiger charge is -2.15. The molecule has 306 valence electrons. The van der Waals surface area contributed by atoms with E-state index in [-0.39, 0.29) is 0 Å². The standard InChI is InChI=1S/3C16H21NO2/c3*1-12(2)17-10-14(18)11-19-16-9-5-7-13-6-3-4-8-15(13)16/h3*3-9,12,14,17-18H,10-11H2,1-2H3. The molecule has 9 heteroatoms. The molecule has 0 aliphatic carbocycles. The van der Waals surface area contributed by atoms with Crippen molar-refractivity contribution in [1.82, 2.24) is 16.0 Å². The van der Waals surface area contributed by atoms with Crippen LogP contribution in [-0.2, 0) is 0 Å². The molecule has 0 aromatic heterocycles. The van der Waals surface area contributed by atoms with Crippen LogP contribution in [0.1, 0.15) is 41.5 Å². The van der Waals surface area contributed by atoms with Crippen LogP contribution in [0.4, 0.5) is 0 Å². The van der Waals surface area contributed by atoms with Crippen LogP contribution >= 0.6 is 0 Å². The number of ether oxygens (including phenoxy) is 3. The van der Waals surface area contributed by atoms with Crippen molar-refractivity contribution in [1.29, 1.82) is 0 Å². The first kappa shape index (κ1) is 45.0. The number of fused-ring (bicyclic) bond motifs is 3. The SMILES string of the molecule is CC(C)NCC(O)COc1cccc2ccccc12.CC(C)NCC(O)COc1cccc2ccccc12.CC(C)NCC(O)COc1cccc2ccccc12. The Kier molecular flexibility index (Phi) is 19.0. The molecule has 0 heterocycles. The Hall–Kier alpha value is -4.74. The summed E-state index contributed by atoms with van der Waals surface area (Å²) < 4.78 is 17.2. The molecule has 0 saturated carbocycles. The minimum Gasteiger partial charge on any atom is -0.490 e. The third kappa shape index (κ3) is 16.0. The Morgan fingerprint density at radius 2 is 0.614 bits per heavy atom. The second-order valence-corrected chi connectivity index (χ2v) is 15.0. The van der Waals surface area contributed by atoms with Gasteiger partial charge in [-0.3, -0.25) is 0 Å². The van der Waals surface area contributed by atoms with Crippen LogP contribution in [0.25, 0.3) is 32.3 Å². The van der Waals surface area contributed by atoms with Gasteiger partial charge in [-0.2, -0.15) is 0 Å². The zero-order valence-corrected chi connectivity index (χ0v) is 34.4. The van der Waals surface area contributed by atoms with Gasteiger partial charge in [0.25, 0.3) is 0 Å². The lowest BCUT2D eigenvalue weighted by molar-refractivity contribution is 0.105. The average molecular weight is 778 g/mol. The van der Waals surface area contributed by atoms with Crippen molar-refractivity contribution in [3.63, 3.8) is 0 Å². The third-order valence-electron chi connectivity index (χ3n) is 8.83. The zero-order chi connectivity index (χ0) is 41.0. The molecule has 0 saturated heterocycles. The van der Waals surface area contributed by atoms with Gasteiger partial charge in [0.2, 0.25) is 0 Å². The number of rotatable bonds is 18. The molecular weight excluding hydrogens is 715 g/mol. The number of aliphatic hydroxyl groups excluding tert-OH is 3. The van der Waals surface area contributed by atoms with Gasteiger partial charge < -0.3 is 45.5 Å². The predicted molar refractivity (Wildman–Crippen MR) is 236 cm³/mol. The van der Waals surface area contributed by atoms with Crippen LogP contribution in [0.2, 0.25) is 0 Å². The van der Waals surface area contributed by atoms with Crippen molar-refractivity contribution >= 4 is 32.3 Å². The number of benzene rings is 6. The van der Waals surface area contributed by atoms with Gasteiger partial charge in [-0.25, -0.2) is 0 Å². The van der Waals surface area contributed by atoms with E-state index in [0.717, 1.165) is 49.6 Å². The Morgan fingerprint density at radius 1 is 0.368 bits per heavy atom. The molecule has 6 rings (SSSR count). The highest BCUT2D eigenvalue weighted by Crippen LogP contribution is 2.27. The molecule has 9 nitrogen and oxygen atoms in total. The average Bonchev–Trinajstić information content (AvgIpc) is 3.22. The maximum atomic E-state index is 9.84. The lowest BCUT2D eigenvalue weighted by atomic mass is 10.1. The highest BCUT2D eigenvalue weighted by molar-refractivity contribution is 5.89. The molecule has 0 spiro atoms. The van der Waals surface area contributed by atoms with E-state index >= 15 is 0 Å². The van der Waals surface area contributed by atoms with Crippen LogP contribution in [0.3, 0.4) is 0 Å². The predicted octanol–water partition coefficient (Wildman–Crippen LogP) is 7.73. The van der Waals surface area contributed by atoms with E-state index in [1.54, 1.807) is 0 Å². The quantitative estimate of drug-likeness (QED) is 0.0521. The van der Waals surface area contributed by atoms with E-state index in [2.05, 4.69) is 93.9 Å². The molecule has 0 aliphatic heterocycles. The fourth-order valence-electron chi connectivity index (χ4n) is 5.81.